The third kappa shape index (κ3) is 4.31. The van der Waals surface area contributed by atoms with Crippen LogP contribution in [0, 0.1) is 13.8 Å². The molecule has 0 saturated heterocycles. The van der Waals surface area contributed by atoms with Gasteiger partial charge in [-0.25, -0.2) is 0 Å². The molecule has 2 aromatic carbocycles. The summed E-state index contributed by atoms with van der Waals surface area (Å²) in [6.07, 6.45) is 0.358. The summed E-state index contributed by atoms with van der Waals surface area (Å²) in [7, 11) is 0. The van der Waals surface area contributed by atoms with Crippen LogP contribution in [0.15, 0.2) is 58.5 Å². The molecule has 0 spiro atoms. The third-order valence-electron chi connectivity index (χ3n) is 4.06. The number of benzene rings is 2. The summed E-state index contributed by atoms with van der Waals surface area (Å²) in [6.45, 7) is 4.13. The van der Waals surface area contributed by atoms with Crippen LogP contribution in [0.25, 0.3) is 0 Å². The average molecular weight is 352 g/mol. The predicted octanol–water partition coefficient (Wildman–Crippen LogP) is 3.98. The molecule has 2 N–H and O–H groups in total. The van der Waals surface area contributed by atoms with E-state index in [0.717, 1.165) is 5.56 Å². The molecule has 0 fully saturated rings. The Kier molecular flexibility index (Phi) is 5.24. The van der Waals surface area contributed by atoms with Gasteiger partial charge >= 0.3 is 0 Å². The van der Waals surface area contributed by atoms with Gasteiger partial charge in [0.2, 0.25) is 5.88 Å². The van der Waals surface area contributed by atoms with Gasteiger partial charge in [-0.1, -0.05) is 65.9 Å². The molecule has 5 heteroatoms. The Morgan fingerprint density at radius 1 is 1.12 bits per heavy atom. The number of aromatic hydroxyl groups is 1. The van der Waals surface area contributed by atoms with E-state index < -0.39 is 0 Å². The highest BCUT2D eigenvalue weighted by Gasteiger charge is 2.12. The quantitative estimate of drug-likeness (QED) is 0.538. The first-order valence-corrected chi connectivity index (χ1v) is 9.06. The van der Waals surface area contributed by atoms with Crippen LogP contribution >= 0.6 is 11.8 Å². The van der Waals surface area contributed by atoms with Crippen LogP contribution in [0.1, 0.15) is 27.8 Å². The maximum atomic E-state index is 12.3. The van der Waals surface area contributed by atoms with E-state index in [1.165, 1.54) is 28.5 Å². The third-order valence-corrected chi connectivity index (χ3v) is 4.98. The monoisotopic (exact) mass is 352 g/mol. The molecule has 0 bridgehead atoms. The average Bonchev–Trinajstić information content (AvgIpc) is 2.58. The van der Waals surface area contributed by atoms with E-state index in [1.54, 1.807) is 0 Å². The lowest BCUT2D eigenvalue weighted by molar-refractivity contribution is 0.437. The van der Waals surface area contributed by atoms with Gasteiger partial charge in [-0.3, -0.25) is 4.79 Å². The van der Waals surface area contributed by atoms with E-state index in [4.69, 9.17) is 0 Å². The van der Waals surface area contributed by atoms with E-state index in [-0.39, 0.29) is 11.4 Å². The number of nitrogens with zero attached hydrogens (tertiary/aromatic N) is 1. The summed E-state index contributed by atoms with van der Waals surface area (Å²) in [6, 6.07) is 15.8. The smallest absolute Gasteiger partial charge is 0.258 e. The lowest BCUT2D eigenvalue weighted by Crippen LogP contribution is -2.15. The van der Waals surface area contributed by atoms with Gasteiger partial charge in [0.1, 0.15) is 0 Å². The number of thioether (sulfide) groups is 1. The van der Waals surface area contributed by atoms with Crippen molar-refractivity contribution in [2.24, 2.45) is 0 Å². The zero-order valence-electron chi connectivity index (χ0n) is 14.2. The minimum Gasteiger partial charge on any atom is -0.493 e. The maximum Gasteiger partial charge on any atom is 0.258 e. The van der Waals surface area contributed by atoms with Crippen molar-refractivity contribution in [1.82, 2.24) is 9.97 Å². The van der Waals surface area contributed by atoms with E-state index in [1.807, 2.05) is 30.3 Å². The standard InChI is InChI=1S/C20H20N2O2S/c1-13-8-9-16(14(2)10-13)12-25-20-21-18(23)17(19(24)22-20)11-15-6-4-3-5-7-15/h3-10H,11-12H2,1-2H3,(H2,21,22,23,24). The van der Waals surface area contributed by atoms with Gasteiger partial charge < -0.3 is 10.1 Å². The Hall–Kier alpha value is -2.53. The number of H-pyrrole nitrogens is 1. The fourth-order valence-electron chi connectivity index (χ4n) is 2.65. The van der Waals surface area contributed by atoms with Gasteiger partial charge in [-0.15, -0.1) is 0 Å². The second kappa shape index (κ2) is 7.57. The topological polar surface area (TPSA) is 66.0 Å². The Morgan fingerprint density at radius 2 is 1.88 bits per heavy atom. The summed E-state index contributed by atoms with van der Waals surface area (Å²) in [5.74, 6) is 0.489. The lowest BCUT2D eigenvalue weighted by Gasteiger charge is -2.08. The Morgan fingerprint density at radius 3 is 2.56 bits per heavy atom. The number of hydrogen-bond acceptors (Lipinski definition) is 4. The van der Waals surface area contributed by atoms with Crippen molar-refractivity contribution in [3.05, 3.63) is 86.7 Å². The lowest BCUT2D eigenvalue weighted by atomic mass is 10.1. The molecule has 3 rings (SSSR count). The van der Waals surface area contributed by atoms with E-state index >= 15 is 0 Å². The molecule has 0 aliphatic rings. The van der Waals surface area contributed by atoms with Gasteiger partial charge in [0.25, 0.3) is 5.56 Å². The number of nitrogens with one attached hydrogen (secondary N) is 1. The minimum atomic E-state index is -0.292. The van der Waals surface area contributed by atoms with Crippen LogP contribution in [-0.4, -0.2) is 15.1 Å². The van der Waals surface area contributed by atoms with Gasteiger partial charge in [0.05, 0.1) is 5.56 Å². The second-order valence-electron chi connectivity index (χ2n) is 6.05. The summed E-state index contributed by atoms with van der Waals surface area (Å²) in [4.78, 5) is 19.2. The molecular formula is C20H20N2O2S. The normalized spacial score (nSPS) is 10.8. The van der Waals surface area contributed by atoms with Crippen molar-refractivity contribution in [2.75, 3.05) is 0 Å². The molecule has 0 amide bonds. The van der Waals surface area contributed by atoms with E-state index in [0.29, 0.717) is 22.9 Å². The molecule has 0 aliphatic heterocycles. The van der Waals surface area contributed by atoms with Crippen LogP contribution < -0.4 is 5.56 Å². The molecule has 1 aromatic heterocycles. The second-order valence-corrected chi connectivity index (χ2v) is 7.02. The van der Waals surface area contributed by atoms with Crippen molar-refractivity contribution in [3.63, 3.8) is 0 Å². The number of aryl methyl sites for hydroxylation is 2. The molecule has 3 aromatic rings. The number of hydrogen-bond donors (Lipinski definition) is 2. The molecule has 25 heavy (non-hydrogen) atoms. The largest absolute Gasteiger partial charge is 0.493 e. The first-order valence-electron chi connectivity index (χ1n) is 8.08. The molecule has 0 aliphatic carbocycles. The molecule has 0 unspecified atom stereocenters. The van der Waals surface area contributed by atoms with Gasteiger partial charge in [0, 0.05) is 12.2 Å². The fourth-order valence-corrected chi connectivity index (χ4v) is 3.58. The van der Waals surface area contributed by atoms with Crippen LogP contribution in [0.3, 0.4) is 0 Å². The maximum absolute atomic E-state index is 12.3. The Labute approximate surface area is 151 Å². The van der Waals surface area contributed by atoms with Crippen LogP contribution in [0.5, 0.6) is 5.88 Å². The first kappa shape index (κ1) is 17.3. The zero-order chi connectivity index (χ0) is 17.8. The SMILES string of the molecule is Cc1ccc(CSc2nc(O)c(Cc3ccccc3)c(=O)[nH]2)c(C)c1. The molecule has 0 saturated carbocycles. The number of aromatic nitrogens is 2. The van der Waals surface area contributed by atoms with E-state index in [2.05, 4.69) is 42.0 Å². The summed E-state index contributed by atoms with van der Waals surface area (Å²) in [5, 5.41) is 10.6. The zero-order valence-corrected chi connectivity index (χ0v) is 15.1. The van der Waals surface area contributed by atoms with Crippen LogP contribution in [0.2, 0.25) is 0 Å². The highest BCUT2D eigenvalue weighted by Crippen LogP contribution is 2.24. The van der Waals surface area contributed by atoms with Crippen molar-refractivity contribution in [2.45, 2.75) is 31.2 Å². The summed E-state index contributed by atoms with van der Waals surface area (Å²) >= 11 is 1.41. The van der Waals surface area contributed by atoms with Crippen LogP contribution in [-0.2, 0) is 12.2 Å². The highest BCUT2D eigenvalue weighted by atomic mass is 32.2. The Bertz CT molecular complexity index is 936. The van der Waals surface area contributed by atoms with Gasteiger partial charge in [-0.2, -0.15) is 4.98 Å². The molecule has 1 heterocycles. The fraction of sp³-hybridized carbons (Fsp3) is 0.200. The summed E-state index contributed by atoms with van der Waals surface area (Å²) < 4.78 is 0. The summed E-state index contributed by atoms with van der Waals surface area (Å²) in [5.41, 5.74) is 4.58. The Balaban J connectivity index is 1.76. The van der Waals surface area contributed by atoms with Gasteiger partial charge in [0.15, 0.2) is 5.16 Å². The van der Waals surface area contributed by atoms with Crippen LogP contribution in [0.4, 0.5) is 0 Å². The molecule has 0 atom stereocenters. The van der Waals surface area contributed by atoms with Crippen molar-refractivity contribution >= 4 is 11.8 Å². The van der Waals surface area contributed by atoms with Gasteiger partial charge in [-0.05, 0) is 30.5 Å². The predicted molar refractivity (Wildman–Crippen MR) is 101 cm³/mol. The minimum absolute atomic E-state index is 0.198. The van der Waals surface area contributed by atoms with Crippen molar-refractivity contribution < 1.29 is 5.11 Å². The van der Waals surface area contributed by atoms with E-state index in [9.17, 15) is 9.90 Å². The number of rotatable bonds is 5. The molecular weight excluding hydrogens is 332 g/mol. The van der Waals surface area contributed by atoms with Crippen molar-refractivity contribution in [1.29, 1.82) is 0 Å². The molecule has 128 valence electrons. The number of aromatic amines is 1. The first-order chi connectivity index (χ1) is 12.0. The molecule has 4 nitrogen and oxygen atoms in total. The molecule has 0 radical (unpaired) electrons. The highest BCUT2D eigenvalue weighted by molar-refractivity contribution is 7.98. The van der Waals surface area contributed by atoms with Crippen molar-refractivity contribution in [3.8, 4) is 5.88 Å².